The van der Waals surface area contributed by atoms with Crippen LogP contribution in [0.4, 0.5) is 0 Å². The van der Waals surface area contributed by atoms with Gasteiger partial charge in [0, 0.05) is 55.9 Å². The van der Waals surface area contributed by atoms with Gasteiger partial charge in [-0.05, 0) is 30.7 Å². The van der Waals surface area contributed by atoms with E-state index >= 15 is 0 Å². The summed E-state index contributed by atoms with van der Waals surface area (Å²) in [5.74, 6) is 10.5. The summed E-state index contributed by atoms with van der Waals surface area (Å²) in [7, 11) is 0. The molecule has 2 rings (SSSR count). The second-order valence-corrected chi connectivity index (χ2v) is 7.15. The quantitative estimate of drug-likeness (QED) is 0.234. The monoisotopic (exact) mass is 553 g/mol. The Morgan fingerprint density at radius 2 is 1.35 bits per heavy atom. The molecule has 0 aromatic carbocycles. The number of nitrogens with zero attached hydrogens (tertiary/aromatic N) is 2. The van der Waals surface area contributed by atoms with Gasteiger partial charge in [0.05, 0.1) is 11.9 Å². The van der Waals surface area contributed by atoms with Crippen molar-refractivity contribution in [3.8, 4) is 23.7 Å². The zero-order chi connectivity index (χ0) is 27.6. The van der Waals surface area contributed by atoms with Crippen molar-refractivity contribution in [3.05, 3.63) is 59.2 Å². The Morgan fingerprint density at radius 3 is 1.73 bits per heavy atom. The van der Waals surface area contributed by atoms with Gasteiger partial charge in [-0.1, -0.05) is 45.0 Å². The number of hydrogen-bond donors (Lipinski definition) is 4. The lowest BCUT2D eigenvalue weighted by atomic mass is 10.1. The summed E-state index contributed by atoms with van der Waals surface area (Å²) in [6.45, 7) is 4.41. The number of aliphatic hydroxyl groups is 2. The summed E-state index contributed by atoms with van der Waals surface area (Å²) in [5.41, 5.74) is 6.73. The van der Waals surface area contributed by atoms with Gasteiger partial charge in [-0.2, -0.15) is 0 Å². The Morgan fingerprint density at radius 1 is 0.919 bits per heavy atom. The number of carbonyl (C=O) groups excluding carboxylic acids is 1. The molecule has 204 valence electrons. The van der Waals surface area contributed by atoms with Crippen LogP contribution >= 0.6 is 23.2 Å². The van der Waals surface area contributed by atoms with Crippen LogP contribution in [0.1, 0.15) is 79.1 Å². The molecule has 0 unspecified atom stereocenters. The minimum atomic E-state index is -1.03. The van der Waals surface area contributed by atoms with Gasteiger partial charge < -0.3 is 21.1 Å². The summed E-state index contributed by atoms with van der Waals surface area (Å²) in [6, 6.07) is 6.63. The fourth-order valence-corrected chi connectivity index (χ4v) is 2.03. The van der Waals surface area contributed by atoms with Crippen molar-refractivity contribution in [1.82, 2.24) is 9.97 Å². The lowest BCUT2D eigenvalue weighted by Gasteiger charge is -1.99. The molecular weight excluding hydrogens is 517 g/mol. The number of alkyl halides is 2. The normalized spacial score (nSPS) is 8.41. The number of aromatic nitrogens is 2. The number of rotatable bonds is 6. The predicted molar refractivity (Wildman–Crippen MR) is 150 cm³/mol. The molecule has 0 spiro atoms. The number of Topliss-reactive ketones (excluding diaryl/α,β-unsaturated/α-hetero) is 1. The molecule has 0 aliphatic rings. The van der Waals surface area contributed by atoms with Gasteiger partial charge in [-0.25, -0.2) is 9.78 Å². The lowest BCUT2D eigenvalue weighted by molar-refractivity contribution is 0.0690. The van der Waals surface area contributed by atoms with E-state index in [-0.39, 0.29) is 37.5 Å². The molecule has 0 atom stereocenters. The molecule has 2 aromatic heterocycles. The third kappa shape index (κ3) is 22.0. The van der Waals surface area contributed by atoms with Gasteiger partial charge in [0.25, 0.3) is 0 Å². The average Bonchev–Trinajstić information content (AvgIpc) is 2.90. The van der Waals surface area contributed by atoms with Crippen LogP contribution in [0, 0.1) is 23.7 Å². The van der Waals surface area contributed by atoms with E-state index < -0.39 is 5.97 Å². The molecule has 0 saturated heterocycles. The maximum absolute atomic E-state index is 11.6. The molecule has 2 heterocycles. The number of ketones is 1. The Hall–Kier alpha value is -2.98. The number of hydrogen-bond acceptors (Lipinski definition) is 7. The van der Waals surface area contributed by atoms with Crippen molar-refractivity contribution in [1.29, 1.82) is 0 Å². The minimum absolute atomic E-state index is 0. The van der Waals surface area contributed by atoms with Crippen molar-refractivity contribution >= 4 is 35.0 Å². The summed E-state index contributed by atoms with van der Waals surface area (Å²) in [4.78, 5) is 29.8. The highest BCUT2D eigenvalue weighted by Gasteiger charge is 2.06. The van der Waals surface area contributed by atoms with Crippen LogP contribution in [-0.2, 0) is 0 Å². The highest BCUT2D eigenvalue weighted by atomic mass is 35.5. The third-order valence-electron chi connectivity index (χ3n) is 3.53. The van der Waals surface area contributed by atoms with E-state index in [1.807, 2.05) is 13.8 Å². The second-order valence-electron chi connectivity index (χ2n) is 6.34. The lowest BCUT2D eigenvalue weighted by Crippen LogP contribution is -2.03. The van der Waals surface area contributed by atoms with E-state index in [1.54, 1.807) is 24.4 Å². The average molecular weight is 555 g/mol. The molecule has 0 radical (unpaired) electrons. The smallest absolute Gasteiger partial charge is 0.354 e. The van der Waals surface area contributed by atoms with Gasteiger partial charge in [0.15, 0.2) is 5.78 Å². The van der Waals surface area contributed by atoms with Crippen molar-refractivity contribution < 1.29 is 24.9 Å². The zero-order valence-electron chi connectivity index (χ0n) is 20.5. The number of aliphatic hydroxyl groups excluding tert-OH is 2. The van der Waals surface area contributed by atoms with Gasteiger partial charge in [-0.15, -0.1) is 23.2 Å². The maximum Gasteiger partial charge on any atom is 0.354 e. The third-order valence-corrected chi connectivity index (χ3v) is 3.53. The Labute approximate surface area is 230 Å². The van der Waals surface area contributed by atoms with Crippen molar-refractivity contribution in [2.75, 3.05) is 25.1 Å². The van der Waals surface area contributed by atoms with Crippen LogP contribution in [-0.4, -0.2) is 62.1 Å². The molecule has 0 amide bonds. The van der Waals surface area contributed by atoms with Crippen LogP contribution in [0.25, 0.3) is 0 Å². The fraction of sp³-hybridized carbons (Fsp3) is 0.407. The molecule has 0 saturated carbocycles. The molecule has 0 aliphatic heterocycles. The standard InChI is InChI=1S/C13H15NO2.C10H9NO2.C2H7NO.CH2Cl2.CH4/c1-2-3-5-11-7-8-14-12(10-11)13(16)6-4-9-15;1-2-3-4-8-5-6-11-9(7-8)10(12)13;3-1-2-4;2-1-3;/h7-8,10,15H,2,4,6,9H2,1H3;5-7H,2H2,1H3,(H,12,13);4H,1-3H2;1H2;1H4. The van der Waals surface area contributed by atoms with Crippen LogP contribution in [0.15, 0.2) is 36.7 Å². The molecule has 37 heavy (non-hydrogen) atoms. The number of pyridine rings is 2. The first-order chi connectivity index (χ1) is 17.3. The summed E-state index contributed by atoms with van der Waals surface area (Å²) in [5, 5.41) is 25.2. The Balaban J connectivity index is -0.000000494. The number of nitrogens with two attached hydrogens (primary N) is 1. The molecule has 10 heteroatoms. The van der Waals surface area contributed by atoms with E-state index in [2.05, 4.69) is 33.6 Å². The van der Waals surface area contributed by atoms with Crippen molar-refractivity contribution in [2.45, 2.75) is 47.0 Å². The minimum Gasteiger partial charge on any atom is -0.477 e. The maximum atomic E-state index is 11.6. The molecule has 0 bridgehead atoms. The zero-order valence-corrected chi connectivity index (χ0v) is 22.0. The SMILES string of the molecule is C.CCC#Cc1ccnc(C(=O)CCCO)c1.CCC#Cc1ccnc(C(=O)O)c1.ClCCl.NCCO. The van der Waals surface area contributed by atoms with Crippen molar-refractivity contribution in [3.63, 3.8) is 0 Å². The second kappa shape index (κ2) is 27.6. The molecule has 5 N–H and O–H groups in total. The van der Waals surface area contributed by atoms with Crippen LogP contribution in [0.5, 0.6) is 0 Å². The number of aromatic carboxylic acids is 1. The molecule has 0 aliphatic carbocycles. The topological polar surface area (TPSA) is 147 Å². The summed E-state index contributed by atoms with van der Waals surface area (Å²) < 4.78 is 0. The summed E-state index contributed by atoms with van der Waals surface area (Å²) >= 11 is 9.53. The highest BCUT2D eigenvalue weighted by molar-refractivity contribution is 6.40. The Kier molecular flexibility index (Phi) is 28.8. The fourth-order valence-electron chi connectivity index (χ4n) is 2.03. The Bertz CT molecular complexity index is 1010. The van der Waals surface area contributed by atoms with E-state index in [4.69, 9.17) is 44.3 Å². The molecule has 8 nitrogen and oxygen atoms in total. The van der Waals surface area contributed by atoms with Gasteiger partial charge in [0.1, 0.15) is 11.4 Å². The van der Waals surface area contributed by atoms with E-state index in [0.717, 1.165) is 18.4 Å². The van der Waals surface area contributed by atoms with Gasteiger partial charge >= 0.3 is 5.97 Å². The molecule has 0 fully saturated rings. The first kappa shape index (κ1) is 38.5. The molecular formula is C27H37Cl2N3O5. The van der Waals surface area contributed by atoms with Gasteiger partial charge in [-0.3, -0.25) is 9.78 Å². The number of carboxylic acid groups (broad SMARTS) is 1. The number of carbonyl (C=O) groups is 2. The molecule has 2 aromatic rings. The highest BCUT2D eigenvalue weighted by Crippen LogP contribution is 2.05. The van der Waals surface area contributed by atoms with Crippen LogP contribution in [0.2, 0.25) is 0 Å². The van der Waals surface area contributed by atoms with Gasteiger partial charge in [0.2, 0.25) is 0 Å². The van der Waals surface area contributed by atoms with Crippen molar-refractivity contribution in [2.24, 2.45) is 5.73 Å². The van der Waals surface area contributed by atoms with E-state index in [1.165, 1.54) is 12.3 Å². The first-order valence-electron chi connectivity index (χ1n) is 11.0. The number of halogens is 2. The van der Waals surface area contributed by atoms with Crippen LogP contribution in [0.3, 0.4) is 0 Å². The number of carboxylic acids is 1. The summed E-state index contributed by atoms with van der Waals surface area (Å²) in [6.07, 6.45) is 5.38. The van der Waals surface area contributed by atoms with E-state index in [0.29, 0.717) is 30.6 Å². The van der Waals surface area contributed by atoms with E-state index in [9.17, 15) is 9.59 Å². The predicted octanol–water partition coefficient (Wildman–Crippen LogP) is 4.33. The largest absolute Gasteiger partial charge is 0.477 e. The van der Waals surface area contributed by atoms with Crippen LogP contribution < -0.4 is 5.73 Å². The first-order valence-corrected chi connectivity index (χ1v) is 12.1.